The third-order valence-corrected chi connectivity index (χ3v) is 2.29. The van der Waals surface area contributed by atoms with Crippen LogP contribution in [-0.2, 0) is 0 Å². The van der Waals surface area contributed by atoms with Gasteiger partial charge in [0.15, 0.2) is 0 Å². The van der Waals surface area contributed by atoms with E-state index in [2.05, 4.69) is 10.1 Å². The van der Waals surface area contributed by atoms with E-state index in [1.165, 1.54) is 0 Å². The lowest BCUT2D eigenvalue weighted by Gasteiger charge is -2.12. The molecule has 3 nitrogen and oxygen atoms in total. The number of allylic oxidation sites excluding steroid dienone is 4. The number of anilines is 1. The first-order chi connectivity index (χ1) is 8.77. The van der Waals surface area contributed by atoms with E-state index in [1.807, 2.05) is 73.8 Å². The minimum absolute atomic E-state index is 1.01. The second-order valence-corrected chi connectivity index (χ2v) is 3.68. The molecule has 18 heavy (non-hydrogen) atoms. The molecule has 0 heterocycles. The molecule has 0 fully saturated rings. The molecule has 3 heteroatoms. The van der Waals surface area contributed by atoms with Crippen LogP contribution in [0.15, 0.2) is 64.2 Å². The minimum atomic E-state index is 1.01. The SMILES string of the molecule is C\C=C/C(/C=N\N(C)c1ccccc1)=C\C=NC. The number of para-hydroxylation sites is 1. The van der Waals surface area contributed by atoms with Crippen LogP contribution >= 0.6 is 0 Å². The van der Waals surface area contributed by atoms with Crippen LogP contribution in [0.25, 0.3) is 0 Å². The van der Waals surface area contributed by atoms with Crippen molar-refractivity contribution in [2.45, 2.75) is 6.92 Å². The largest absolute Gasteiger partial charge is 0.296 e. The summed E-state index contributed by atoms with van der Waals surface area (Å²) in [5.74, 6) is 0. The van der Waals surface area contributed by atoms with Crippen molar-refractivity contribution in [2.75, 3.05) is 19.1 Å². The maximum absolute atomic E-state index is 4.39. The second kappa shape index (κ2) is 8.01. The fourth-order valence-corrected chi connectivity index (χ4v) is 1.36. The van der Waals surface area contributed by atoms with E-state index in [1.54, 1.807) is 13.3 Å². The molecule has 94 valence electrons. The number of rotatable bonds is 5. The molecule has 0 spiro atoms. The van der Waals surface area contributed by atoms with E-state index in [0.717, 1.165) is 11.3 Å². The molecular weight excluding hydrogens is 222 g/mol. The predicted molar refractivity (Wildman–Crippen MR) is 80.7 cm³/mol. The van der Waals surface area contributed by atoms with E-state index in [0.29, 0.717) is 0 Å². The molecule has 0 amide bonds. The second-order valence-electron chi connectivity index (χ2n) is 3.68. The fraction of sp³-hybridized carbons (Fsp3) is 0.200. The summed E-state index contributed by atoms with van der Waals surface area (Å²) in [5.41, 5.74) is 2.06. The molecule has 0 aliphatic rings. The van der Waals surface area contributed by atoms with E-state index >= 15 is 0 Å². The summed E-state index contributed by atoms with van der Waals surface area (Å²) < 4.78 is 0. The van der Waals surface area contributed by atoms with E-state index in [9.17, 15) is 0 Å². The zero-order valence-electron chi connectivity index (χ0n) is 11.1. The lowest BCUT2D eigenvalue weighted by molar-refractivity contribution is 1.02. The molecule has 0 saturated carbocycles. The third-order valence-electron chi connectivity index (χ3n) is 2.29. The first-order valence-corrected chi connectivity index (χ1v) is 5.86. The Morgan fingerprint density at radius 2 is 1.94 bits per heavy atom. The topological polar surface area (TPSA) is 28.0 Å². The number of hydrogen-bond acceptors (Lipinski definition) is 3. The summed E-state index contributed by atoms with van der Waals surface area (Å²) in [7, 11) is 3.67. The third kappa shape index (κ3) is 4.78. The Labute approximate surface area is 109 Å². The van der Waals surface area contributed by atoms with Gasteiger partial charge in [-0.25, -0.2) is 0 Å². The smallest absolute Gasteiger partial charge is 0.0590 e. The first kappa shape index (κ1) is 13.9. The average molecular weight is 241 g/mol. The van der Waals surface area contributed by atoms with Crippen LogP contribution in [0.4, 0.5) is 5.69 Å². The molecule has 1 rings (SSSR count). The zero-order chi connectivity index (χ0) is 13.2. The fourth-order valence-electron chi connectivity index (χ4n) is 1.36. The monoisotopic (exact) mass is 241 g/mol. The van der Waals surface area contributed by atoms with E-state index in [-0.39, 0.29) is 0 Å². The van der Waals surface area contributed by atoms with Gasteiger partial charge >= 0.3 is 0 Å². The van der Waals surface area contributed by atoms with E-state index in [4.69, 9.17) is 0 Å². The summed E-state index contributed by atoms with van der Waals surface area (Å²) in [4.78, 5) is 3.93. The van der Waals surface area contributed by atoms with Crippen molar-refractivity contribution >= 4 is 18.1 Å². The Morgan fingerprint density at radius 3 is 2.56 bits per heavy atom. The van der Waals surface area contributed by atoms with Crippen LogP contribution in [0.2, 0.25) is 0 Å². The highest BCUT2D eigenvalue weighted by atomic mass is 15.4. The van der Waals surface area contributed by atoms with Gasteiger partial charge in [-0.1, -0.05) is 30.4 Å². The lowest BCUT2D eigenvalue weighted by atomic mass is 10.2. The van der Waals surface area contributed by atoms with Crippen molar-refractivity contribution in [1.29, 1.82) is 0 Å². The number of hydrazone groups is 1. The Kier molecular flexibility index (Phi) is 6.19. The molecule has 0 radical (unpaired) electrons. The van der Waals surface area contributed by atoms with Gasteiger partial charge in [0.1, 0.15) is 0 Å². The summed E-state index contributed by atoms with van der Waals surface area (Å²) in [6.45, 7) is 1.98. The maximum atomic E-state index is 4.39. The van der Waals surface area contributed by atoms with Gasteiger partial charge in [-0.3, -0.25) is 10.0 Å². The van der Waals surface area contributed by atoms with Crippen molar-refractivity contribution in [3.8, 4) is 0 Å². The maximum Gasteiger partial charge on any atom is 0.0590 e. The summed E-state index contributed by atoms with van der Waals surface area (Å²) in [6.07, 6.45) is 9.45. The molecule has 1 aromatic carbocycles. The highest BCUT2D eigenvalue weighted by Gasteiger charge is 1.95. The molecule has 0 bridgehead atoms. The van der Waals surface area contributed by atoms with Gasteiger partial charge in [-0.05, 0) is 30.7 Å². The van der Waals surface area contributed by atoms with Crippen LogP contribution in [0, 0.1) is 0 Å². The first-order valence-electron chi connectivity index (χ1n) is 5.86. The predicted octanol–water partition coefficient (Wildman–Crippen LogP) is 3.31. The molecular formula is C15H19N3. The molecule has 0 saturated heterocycles. The van der Waals surface area contributed by atoms with Gasteiger partial charge in [0.25, 0.3) is 0 Å². The van der Waals surface area contributed by atoms with Crippen LogP contribution in [-0.4, -0.2) is 26.5 Å². The molecule has 0 aromatic heterocycles. The summed E-state index contributed by atoms with van der Waals surface area (Å²) in [6, 6.07) is 10.0. The summed E-state index contributed by atoms with van der Waals surface area (Å²) >= 11 is 0. The van der Waals surface area contributed by atoms with Gasteiger partial charge in [-0.2, -0.15) is 5.10 Å². The van der Waals surface area contributed by atoms with Crippen LogP contribution < -0.4 is 5.01 Å². The van der Waals surface area contributed by atoms with Crippen molar-refractivity contribution in [3.05, 3.63) is 54.1 Å². The Morgan fingerprint density at radius 1 is 1.22 bits per heavy atom. The average Bonchev–Trinajstić information content (AvgIpc) is 2.42. The molecule has 0 aliphatic carbocycles. The van der Waals surface area contributed by atoms with Crippen molar-refractivity contribution < 1.29 is 0 Å². The van der Waals surface area contributed by atoms with Gasteiger partial charge in [0.2, 0.25) is 0 Å². The Balaban J connectivity index is 2.78. The van der Waals surface area contributed by atoms with Gasteiger partial charge in [0.05, 0.1) is 11.9 Å². The van der Waals surface area contributed by atoms with Crippen molar-refractivity contribution in [2.24, 2.45) is 10.1 Å². The normalized spacial score (nSPS) is 12.9. The highest BCUT2D eigenvalue weighted by molar-refractivity contribution is 5.89. The molecule has 0 aliphatic heterocycles. The minimum Gasteiger partial charge on any atom is -0.296 e. The molecule has 0 unspecified atom stereocenters. The number of hydrogen-bond donors (Lipinski definition) is 0. The lowest BCUT2D eigenvalue weighted by Crippen LogP contribution is -2.08. The highest BCUT2D eigenvalue weighted by Crippen LogP contribution is 2.10. The number of nitrogens with zero attached hydrogens (tertiary/aromatic N) is 3. The van der Waals surface area contributed by atoms with Gasteiger partial charge in [-0.15, -0.1) is 0 Å². The molecule has 1 aromatic rings. The molecule has 0 atom stereocenters. The standard InChI is InChI=1S/C15H19N3/c1-4-8-14(11-12-16-2)13-17-18(3)15-9-6-5-7-10-15/h4-13H,1-3H3/b8-4-,14-11+,16-12?,17-13-. The van der Waals surface area contributed by atoms with Crippen LogP contribution in [0.3, 0.4) is 0 Å². The summed E-state index contributed by atoms with van der Waals surface area (Å²) in [5, 5.41) is 6.23. The van der Waals surface area contributed by atoms with E-state index < -0.39 is 0 Å². The zero-order valence-corrected chi connectivity index (χ0v) is 11.1. The quantitative estimate of drug-likeness (QED) is 0.441. The van der Waals surface area contributed by atoms with Crippen molar-refractivity contribution in [3.63, 3.8) is 0 Å². The Hall–Kier alpha value is -2.16. The number of benzene rings is 1. The van der Waals surface area contributed by atoms with Gasteiger partial charge < -0.3 is 0 Å². The van der Waals surface area contributed by atoms with Gasteiger partial charge in [0, 0.05) is 20.3 Å². The van der Waals surface area contributed by atoms with Crippen LogP contribution in [0.5, 0.6) is 0 Å². The van der Waals surface area contributed by atoms with Crippen LogP contribution in [0.1, 0.15) is 6.92 Å². The number of aliphatic imine (C=N–C) groups is 1. The van der Waals surface area contributed by atoms with Crippen molar-refractivity contribution in [1.82, 2.24) is 0 Å². The molecule has 0 N–H and O–H groups in total. The Bertz CT molecular complexity index is 456.